The minimum absolute atomic E-state index is 0.0777. The summed E-state index contributed by atoms with van der Waals surface area (Å²) in [5.41, 5.74) is 1.76. The molecule has 3 aromatic rings. The van der Waals surface area contributed by atoms with E-state index in [0.717, 1.165) is 5.56 Å². The highest BCUT2D eigenvalue weighted by atomic mass is 19.1. The third-order valence-corrected chi connectivity index (χ3v) is 7.83. The molecule has 1 unspecified atom stereocenters. The van der Waals surface area contributed by atoms with Crippen molar-refractivity contribution in [2.24, 2.45) is 0 Å². The van der Waals surface area contributed by atoms with Gasteiger partial charge in [0.05, 0.1) is 23.9 Å². The lowest BCUT2D eigenvalue weighted by Gasteiger charge is -2.38. The molecule has 8 nitrogen and oxygen atoms in total. The van der Waals surface area contributed by atoms with E-state index in [1.54, 1.807) is 35.0 Å². The molecule has 2 aromatic carbocycles. The molecule has 2 fully saturated rings. The Hall–Kier alpha value is -3.88. The fraction of sp³-hybridized carbons (Fsp3) is 0.414. The molecule has 2 aliphatic heterocycles. The van der Waals surface area contributed by atoms with E-state index in [4.69, 9.17) is 4.74 Å². The van der Waals surface area contributed by atoms with Crippen LogP contribution in [-0.4, -0.2) is 69.8 Å². The van der Waals surface area contributed by atoms with Crippen molar-refractivity contribution in [3.63, 3.8) is 0 Å². The van der Waals surface area contributed by atoms with Gasteiger partial charge in [-0.05, 0) is 52.0 Å². The lowest BCUT2D eigenvalue weighted by Crippen LogP contribution is -2.53. The fourth-order valence-corrected chi connectivity index (χ4v) is 5.98. The Morgan fingerprint density at radius 2 is 1.95 bits per heavy atom. The van der Waals surface area contributed by atoms with Gasteiger partial charge in [-0.1, -0.05) is 24.3 Å². The van der Waals surface area contributed by atoms with Crippen LogP contribution in [0.3, 0.4) is 0 Å². The Morgan fingerprint density at radius 3 is 2.61 bits per heavy atom. The van der Waals surface area contributed by atoms with Crippen LogP contribution in [0.5, 0.6) is 5.75 Å². The summed E-state index contributed by atoms with van der Waals surface area (Å²) >= 11 is 0. The number of urea groups is 1. The zero-order valence-electron chi connectivity index (χ0n) is 22.5. The largest absolute Gasteiger partial charge is 0.496 e. The second kappa shape index (κ2) is 9.78. The van der Waals surface area contributed by atoms with Gasteiger partial charge in [0.1, 0.15) is 11.6 Å². The third-order valence-electron chi connectivity index (χ3n) is 7.83. The van der Waals surface area contributed by atoms with E-state index in [9.17, 15) is 14.0 Å². The zero-order valence-corrected chi connectivity index (χ0v) is 22.5. The summed E-state index contributed by atoms with van der Waals surface area (Å²) < 4.78 is 22.0. The van der Waals surface area contributed by atoms with E-state index in [0.29, 0.717) is 42.3 Å². The Balaban J connectivity index is 1.68. The maximum absolute atomic E-state index is 14.5. The highest BCUT2D eigenvalue weighted by molar-refractivity contribution is 5.99. The minimum atomic E-state index is -0.839. The van der Waals surface area contributed by atoms with Crippen LogP contribution in [-0.2, 0) is 6.54 Å². The lowest BCUT2D eigenvalue weighted by molar-refractivity contribution is 0.0782. The van der Waals surface area contributed by atoms with Crippen molar-refractivity contribution in [3.8, 4) is 5.75 Å². The number of aromatic nitrogens is 2. The van der Waals surface area contributed by atoms with E-state index in [2.05, 4.69) is 5.10 Å². The number of benzene rings is 2. The molecular weight excluding hydrogens is 485 g/mol. The number of aryl methyl sites for hydroxylation is 2. The van der Waals surface area contributed by atoms with Crippen LogP contribution in [0.25, 0.3) is 0 Å². The average Bonchev–Trinajstić information content (AvgIpc) is 3.56. The molecule has 0 aliphatic carbocycles. The summed E-state index contributed by atoms with van der Waals surface area (Å²) in [7, 11) is 1.62. The fourth-order valence-electron chi connectivity index (χ4n) is 5.98. The first-order chi connectivity index (χ1) is 18.2. The van der Waals surface area contributed by atoms with Gasteiger partial charge in [0, 0.05) is 55.6 Å². The number of likely N-dealkylation sites (tertiary alicyclic amines) is 1. The predicted octanol–water partition coefficient (Wildman–Crippen LogP) is 4.69. The number of anilines is 1. The first-order valence-electron chi connectivity index (χ1n) is 13.0. The summed E-state index contributed by atoms with van der Waals surface area (Å²) in [6.07, 6.45) is 1.78. The molecule has 200 valence electrons. The maximum atomic E-state index is 14.5. The summed E-state index contributed by atoms with van der Waals surface area (Å²) in [5.74, 6) is -0.139. The van der Waals surface area contributed by atoms with Crippen LogP contribution in [0.2, 0.25) is 0 Å². The number of ether oxygens (including phenoxy) is 1. The molecule has 0 saturated carbocycles. The molecule has 9 heteroatoms. The number of hydrogen-bond acceptors (Lipinski definition) is 4. The van der Waals surface area contributed by atoms with Gasteiger partial charge in [-0.15, -0.1) is 0 Å². The Kier molecular flexibility index (Phi) is 6.63. The molecule has 5 rings (SSSR count). The second-order valence-corrected chi connectivity index (χ2v) is 10.4. The quantitative estimate of drug-likeness (QED) is 0.474. The van der Waals surface area contributed by atoms with E-state index in [-0.39, 0.29) is 30.4 Å². The number of nitrogens with zero attached hydrogens (tertiary/aromatic N) is 5. The number of rotatable bonds is 6. The number of hydrogen-bond donors (Lipinski definition) is 0. The molecule has 0 N–H and O–H groups in total. The van der Waals surface area contributed by atoms with Gasteiger partial charge in [-0.25, -0.2) is 9.18 Å². The number of para-hydroxylation sites is 1. The van der Waals surface area contributed by atoms with Crippen molar-refractivity contribution in [2.75, 3.05) is 31.6 Å². The highest BCUT2D eigenvalue weighted by Crippen LogP contribution is 2.49. The van der Waals surface area contributed by atoms with Crippen molar-refractivity contribution in [2.45, 2.75) is 51.7 Å². The van der Waals surface area contributed by atoms with Crippen LogP contribution in [0, 0.1) is 12.7 Å². The van der Waals surface area contributed by atoms with Gasteiger partial charge in [-0.2, -0.15) is 5.10 Å². The van der Waals surface area contributed by atoms with Gasteiger partial charge < -0.3 is 14.5 Å². The zero-order chi connectivity index (χ0) is 27.2. The summed E-state index contributed by atoms with van der Waals surface area (Å²) in [5, 5.41) is 4.47. The van der Waals surface area contributed by atoms with Crippen molar-refractivity contribution < 1.29 is 18.7 Å². The average molecular weight is 520 g/mol. The van der Waals surface area contributed by atoms with Crippen LogP contribution in [0.1, 0.15) is 48.3 Å². The molecule has 1 spiro atoms. The molecule has 2 saturated heterocycles. The Bertz CT molecular complexity index is 1370. The second-order valence-electron chi connectivity index (χ2n) is 10.4. The molecule has 2 aliphatic rings. The van der Waals surface area contributed by atoms with Crippen molar-refractivity contribution in [3.05, 3.63) is 77.4 Å². The van der Waals surface area contributed by atoms with Crippen LogP contribution >= 0.6 is 0 Å². The molecule has 3 heterocycles. The number of carbonyl (C=O) groups excluding carboxylic acids is 2. The molecule has 1 aromatic heterocycles. The smallest absolute Gasteiger partial charge is 0.325 e. The molecular formula is C29H34FN5O3. The lowest BCUT2D eigenvalue weighted by atomic mass is 9.80. The summed E-state index contributed by atoms with van der Waals surface area (Å²) in [6, 6.07) is 13.6. The van der Waals surface area contributed by atoms with E-state index in [1.807, 2.05) is 61.8 Å². The van der Waals surface area contributed by atoms with Crippen molar-refractivity contribution in [1.29, 1.82) is 0 Å². The number of halogens is 1. The standard InChI is InChI=1S/C29H34FN5O3/c1-6-33-15-24(20(4)31-33)27(36)32-16-25(23-12-7-8-13-26(23)38-5)29(17-32)18-34(19(2)3)28(37)35(29)22-11-9-10-21(30)14-22/h7-15,19,25H,6,16-18H2,1-5H3/t25?,29-/m1/s1. The van der Waals surface area contributed by atoms with Crippen LogP contribution in [0.15, 0.2) is 54.7 Å². The highest BCUT2D eigenvalue weighted by Gasteiger charge is 2.61. The predicted molar refractivity (Wildman–Crippen MR) is 143 cm³/mol. The molecule has 3 amide bonds. The van der Waals surface area contributed by atoms with Crippen LogP contribution < -0.4 is 9.64 Å². The number of methoxy groups -OCH3 is 1. The van der Waals surface area contributed by atoms with Crippen LogP contribution in [0.4, 0.5) is 14.9 Å². The maximum Gasteiger partial charge on any atom is 0.325 e. The number of carbonyl (C=O) groups is 2. The first kappa shape index (κ1) is 25.8. The SMILES string of the molecule is CCn1cc(C(=O)N2CC(c3ccccc3OC)[C@@]3(C2)CN(C(C)C)C(=O)N3c2cccc(F)c2)c(C)n1. The van der Waals surface area contributed by atoms with E-state index < -0.39 is 11.4 Å². The monoisotopic (exact) mass is 519 g/mol. The molecule has 38 heavy (non-hydrogen) atoms. The summed E-state index contributed by atoms with van der Waals surface area (Å²) in [6.45, 7) is 9.47. The molecule has 2 atom stereocenters. The van der Waals surface area contributed by atoms with Gasteiger partial charge in [0.15, 0.2) is 0 Å². The van der Waals surface area contributed by atoms with Gasteiger partial charge in [0.25, 0.3) is 5.91 Å². The van der Waals surface area contributed by atoms with Gasteiger partial charge in [0.2, 0.25) is 0 Å². The minimum Gasteiger partial charge on any atom is -0.496 e. The number of amides is 3. The Morgan fingerprint density at radius 1 is 1.18 bits per heavy atom. The topological polar surface area (TPSA) is 70.9 Å². The van der Waals surface area contributed by atoms with E-state index >= 15 is 0 Å². The molecule has 0 bridgehead atoms. The van der Waals surface area contributed by atoms with E-state index in [1.165, 1.54) is 12.1 Å². The van der Waals surface area contributed by atoms with Gasteiger partial charge >= 0.3 is 6.03 Å². The van der Waals surface area contributed by atoms with Crippen molar-refractivity contribution >= 4 is 17.6 Å². The normalized spacial score (nSPS) is 21.3. The Labute approximate surface area is 222 Å². The third kappa shape index (κ3) is 4.10. The van der Waals surface area contributed by atoms with Crippen molar-refractivity contribution in [1.82, 2.24) is 19.6 Å². The molecule has 0 radical (unpaired) electrons. The summed E-state index contributed by atoms with van der Waals surface area (Å²) in [4.78, 5) is 33.2. The van der Waals surface area contributed by atoms with Gasteiger partial charge in [-0.3, -0.25) is 14.4 Å². The first-order valence-corrected chi connectivity index (χ1v) is 13.0.